The normalized spacial score (nSPS) is 19.0. The summed E-state index contributed by atoms with van der Waals surface area (Å²) < 4.78 is 11.2. The lowest BCUT2D eigenvalue weighted by Crippen LogP contribution is -2.41. The number of hydrogen-bond acceptors (Lipinski definition) is 3. The van der Waals surface area contributed by atoms with Gasteiger partial charge in [0.2, 0.25) is 0 Å². The summed E-state index contributed by atoms with van der Waals surface area (Å²) in [6, 6.07) is 15.9. The van der Waals surface area contributed by atoms with Crippen molar-refractivity contribution in [2.75, 3.05) is 27.3 Å². The maximum absolute atomic E-state index is 5.60. The summed E-state index contributed by atoms with van der Waals surface area (Å²) in [6.45, 7) is 6.90. The first-order valence-corrected chi connectivity index (χ1v) is 10.3. The molecule has 0 unspecified atom stereocenters. The number of nitrogens with zero attached hydrogens (tertiary/aromatic N) is 1. The van der Waals surface area contributed by atoms with E-state index in [1.54, 1.807) is 14.2 Å². The summed E-state index contributed by atoms with van der Waals surface area (Å²) in [6.07, 6.45) is 4.64. The lowest BCUT2D eigenvalue weighted by atomic mass is 9.76. The number of methoxy groups -OCH3 is 2. The Bertz CT molecular complexity index is 723. The molecule has 3 nitrogen and oxygen atoms in total. The molecule has 0 fully saturated rings. The highest BCUT2D eigenvalue weighted by atomic mass is 16.5. The Hall–Kier alpha value is -2.00. The molecule has 0 N–H and O–H groups in total. The first-order valence-electron chi connectivity index (χ1n) is 10.3. The van der Waals surface area contributed by atoms with Crippen LogP contribution < -0.4 is 9.47 Å². The van der Waals surface area contributed by atoms with Crippen LogP contribution in [-0.4, -0.2) is 38.3 Å². The molecule has 1 aliphatic rings. The fraction of sp³-hybridized carbons (Fsp3) is 0.500. The molecule has 3 heteroatoms. The first-order chi connectivity index (χ1) is 13.2. The van der Waals surface area contributed by atoms with Crippen LogP contribution in [0.25, 0.3) is 0 Å². The van der Waals surface area contributed by atoms with E-state index in [2.05, 4.69) is 61.2 Å². The monoisotopic (exact) mass is 367 g/mol. The predicted octanol–water partition coefficient (Wildman–Crippen LogP) is 5.27. The van der Waals surface area contributed by atoms with Gasteiger partial charge in [0, 0.05) is 12.0 Å². The summed E-state index contributed by atoms with van der Waals surface area (Å²) in [5.74, 6) is 2.06. The average molecular weight is 368 g/mol. The van der Waals surface area contributed by atoms with Gasteiger partial charge < -0.3 is 14.4 Å². The Labute approximate surface area is 164 Å². The fourth-order valence-electron chi connectivity index (χ4n) is 4.50. The highest BCUT2D eigenvalue weighted by molar-refractivity contribution is 5.52. The van der Waals surface area contributed by atoms with Crippen molar-refractivity contribution in [3.63, 3.8) is 0 Å². The van der Waals surface area contributed by atoms with Gasteiger partial charge in [-0.2, -0.15) is 0 Å². The van der Waals surface area contributed by atoms with Crippen molar-refractivity contribution in [2.24, 2.45) is 0 Å². The second-order valence-corrected chi connectivity index (χ2v) is 7.50. The molecule has 1 aliphatic carbocycles. The lowest BCUT2D eigenvalue weighted by molar-refractivity contribution is 0.174. The van der Waals surface area contributed by atoms with Crippen molar-refractivity contribution in [1.29, 1.82) is 0 Å². The van der Waals surface area contributed by atoms with E-state index in [0.29, 0.717) is 12.0 Å². The minimum Gasteiger partial charge on any atom is -0.493 e. The van der Waals surface area contributed by atoms with E-state index in [0.717, 1.165) is 24.3 Å². The second kappa shape index (κ2) is 9.27. The third-order valence-corrected chi connectivity index (χ3v) is 5.72. The van der Waals surface area contributed by atoms with Crippen LogP contribution in [0, 0.1) is 0 Å². The molecule has 0 amide bonds. The quantitative estimate of drug-likeness (QED) is 0.634. The van der Waals surface area contributed by atoms with Crippen molar-refractivity contribution in [2.45, 2.75) is 51.5 Å². The Morgan fingerprint density at radius 2 is 1.56 bits per heavy atom. The molecule has 0 aliphatic heterocycles. The van der Waals surface area contributed by atoms with E-state index < -0.39 is 0 Å². The Balaban J connectivity index is 2.04. The van der Waals surface area contributed by atoms with E-state index in [1.165, 1.54) is 42.6 Å². The smallest absolute Gasteiger partial charge is 0.161 e. The number of ether oxygens (including phenoxy) is 2. The highest BCUT2D eigenvalue weighted by Crippen LogP contribution is 2.43. The van der Waals surface area contributed by atoms with Crippen LogP contribution in [-0.2, 0) is 6.42 Å². The number of rotatable bonds is 8. The zero-order valence-corrected chi connectivity index (χ0v) is 17.2. The molecule has 146 valence electrons. The molecule has 27 heavy (non-hydrogen) atoms. The molecule has 0 aromatic heterocycles. The van der Waals surface area contributed by atoms with Crippen LogP contribution in [0.5, 0.6) is 11.5 Å². The number of hydrogen-bond donors (Lipinski definition) is 0. The molecule has 2 aromatic carbocycles. The molecule has 0 saturated heterocycles. The SMILES string of the molecule is CCCN(CCC)[C@H]1Cc2cc(OC)c(OC)cc2[C@@H](c2ccccc2)C1. The average Bonchev–Trinajstić information content (AvgIpc) is 2.72. The number of fused-ring (bicyclic) bond motifs is 1. The highest BCUT2D eigenvalue weighted by Gasteiger charge is 2.32. The van der Waals surface area contributed by atoms with E-state index in [1.807, 2.05) is 0 Å². The summed E-state index contributed by atoms with van der Waals surface area (Å²) in [4.78, 5) is 2.69. The lowest BCUT2D eigenvalue weighted by Gasteiger charge is -2.39. The van der Waals surface area contributed by atoms with Gasteiger partial charge in [-0.1, -0.05) is 44.2 Å². The van der Waals surface area contributed by atoms with Crippen LogP contribution in [0.4, 0.5) is 0 Å². The van der Waals surface area contributed by atoms with Crippen LogP contribution in [0.3, 0.4) is 0 Å². The molecule has 2 aromatic rings. The molecule has 0 spiro atoms. The van der Waals surface area contributed by atoms with Crippen molar-refractivity contribution >= 4 is 0 Å². The van der Waals surface area contributed by atoms with Crippen LogP contribution in [0.1, 0.15) is 55.7 Å². The molecule has 0 heterocycles. The maximum atomic E-state index is 5.60. The van der Waals surface area contributed by atoms with Crippen molar-refractivity contribution in [1.82, 2.24) is 4.90 Å². The molecule has 0 saturated carbocycles. The summed E-state index contributed by atoms with van der Waals surface area (Å²) in [5, 5.41) is 0. The summed E-state index contributed by atoms with van der Waals surface area (Å²) >= 11 is 0. The maximum Gasteiger partial charge on any atom is 0.161 e. The topological polar surface area (TPSA) is 21.7 Å². The largest absolute Gasteiger partial charge is 0.493 e. The van der Waals surface area contributed by atoms with Gasteiger partial charge in [0.05, 0.1) is 14.2 Å². The third-order valence-electron chi connectivity index (χ3n) is 5.72. The second-order valence-electron chi connectivity index (χ2n) is 7.50. The summed E-state index contributed by atoms with van der Waals surface area (Å²) in [5.41, 5.74) is 4.18. The molecular weight excluding hydrogens is 334 g/mol. The molecule has 0 bridgehead atoms. The molecule has 3 rings (SSSR count). The minimum atomic E-state index is 0.399. The zero-order chi connectivity index (χ0) is 19.2. The number of benzene rings is 2. The minimum absolute atomic E-state index is 0.399. The Morgan fingerprint density at radius 3 is 2.15 bits per heavy atom. The van der Waals surface area contributed by atoms with Gasteiger partial charge in [0.15, 0.2) is 11.5 Å². The van der Waals surface area contributed by atoms with Crippen LogP contribution in [0.15, 0.2) is 42.5 Å². The van der Waals surface area contributed by atoms with Crippen LogP contribution >= 0.6 is 0 Å². The van der Waals surface area contributed by atoms with E-state index in [4.69, 9.17) is 9.47 Å². The van der Waals surface area contributed by atoms with Crippen molar-refractivity contribution in [3.05, 3.63) is 59.2 Å². The summed E-state index contributed by atoms with van der Waals surface area (Å²) in [7, 11) is 3.44. The molecular formula is C24H33NO2. The molecule has 2 atom stereocenters. The van der Waals surface area contributed by atoms with E-state index in [-0.39, 0.29) is 0 Å². The van der Waals surface area contributed by atoms with Crippen molar-refractivity contribution in [3.8, 4) is 11.5 Å². The van der Waals surface area contributed by atoms with Gasteiger partial charge in [0.25, 0.3) is 0 Å². The zero-order valence-electron chi connectivity index (χ0n) is 17.2. The van der Waals surface area contributed by atoms with E-state index in [9.17, 15) is 0 Å². The Morgan fingerprint density at radius 1 is 0.926 bits per heavy atom. The fourth-order valence-corrected chi connectivity index (χ4v) is 4.50. The van der Waals surface area contributed by atoms with Gasteiger partial charge in [-0.3, -0.25) is 0 Å². The van der Waals surface area contributed by atoms with Crippen LogP contribution in [0.2, 0.25) is 0 Å². The van der Waals surface area contributed by atoms with Crippen molar-refractivity contribution < 1.29 is 9.47 Å². The molecule has 0 radical (unpaired) electrons. The van der Waals surface area contributed by atoms with Gasteiger partial charge in [-0.05, 0) is 67.6 Å². The van der Waals surface area contributed by atoms with E-state index >= 15 is 0 Å². The van der Waals surface area contributed by atoms with Gasteiger partial charge >= 0.3 is 0 Å². The third kappa shape index (κ3) is 4.30. The van der Waals surface area contributed by atoms with Gasteiger partial charge in [0.1, 0.15) is 0 Å². The van der Waals surface area contributed by atoms with Gasteiger partial charge in [-0.15, -0.1) is 0 Å². The van der Waals surface area contributed by atoms with Gasteiger partial charge in [-0.25, -0.2) is 0 Å². The first kappa shape index (κ1) is 19.8. The predicted molar refractivity (Wildman–Crippen MR) is 112 cm³/mol. The Kier molecular flexibility index (Phi) is 6.78. The standard InChI is InChI=1S/C24H33NO2/c1-5-12-25(13-6-2)20-14-19-15-23(26-3)24(27-4)17-22(19)21(16-20)18-10-8-7-9-11-18/h7-11,15,17,20-21H,5-6,12-14,16H2,1-4H3/t20-,21+/m0/s1.